The van der Waals surface area contributed by atoms with Crippen LogP contribution in [-0.4, -0.2) is 36.0 Å². The SMILES string of the molecule is COc1ccccc1-c1ccc(CN2CCC[C@H]([C@H](NC(C)=O)c3nccs3)C2)cc1. The van der Waals surface area contributed by atoms with E-state index in [4.69, 9.17) is 4.74 Å². The maximum Gasteiger partial charge on any atom is 0.217 e. The van der Waals surface area contributed by atoms with Gasteiger partial charge in [0.1, 0.15) is 10.8 Å². The molecule has 1 saturated heterocycles. The summed E-state index contributed by atoms with van der Waals surface area (Å²) in [6, 6.07) is 16.9. The Morgan fingerprint density at radius 2 is 2.06 bits per heavy atom. The van der Waals surface area contributed by atoms with Gasteiger partial charge in [-0.05, 0) is 42.5 Å². The first kappa shape index (κ1) is 21.5. The lowest BCUT2D eigenvalue weighted by Crippen LogP contribution is -2.42. The monoisotopic (exact) mass is 435 g/mol. The number of para-hydroxylation sites is 1. The number of likely N-dealkylation sites (tertiary alicyclic amines) is 1. The molecule has 2 atom stereocenters. The number of rotatable bonds is 7. The third-order valence-electron chi connectivity index (χ3n) is 5.87. The molecule has 1 aliphatic rings. The number of benzene rings is 2. The van der Waals surface area contributed by atoms with Gasteiger partial charge in [-0.15, -0.1) is 11.3 Å². The minimum atomic E-state index is -0.00628. The molecule has 0 spiro atoms. The largest absolute Gasteiger partial charge is 0.496 e. The van der Waals surface area contributed by atoms with E-state index < -0.39 is 0 Å². The van der Waals surface area contributed by atoms with E-state index >= 15 is 0 Å². The van der Waals surface area contributed by atoms with Crippen molar-refractivity contribution in [3.05, 3.63) is 70.7 Å². The second kappa shape index (κ2) is 10.1. The van der Waals surface area contributed by atoms with Crippen LogP contribution in [0.5, 0.6) is 5.75 Å². The molecule has 1 aromatic heterocycles. The average Bonchev–Trinajstić information content (AvgIpc) is 3.33. The number of ether oxygens (including phenoxy) is 1. The predicted molar refractivity (Wildman–Crippen MR) is 125 cm³/mol. The zero-order valence-electron chi connectivity index (χ0n) is 18.1. The number of carbonyl (C=O) groups is 1. The van der Waals surface area contributed by atoms with Crippen LogP contribution in [0, 0.1) is 5.92 Å². The lowest BCUT2D eigenvalue weighted by molar-refractivity contribution is -0.120. The van der Waals surface area contributed by atoms with Gasteiger partial charge in [0.05, 0.1) is 13.2 Å². The fourth-order valence-electron chi connectivity index (χ4n) is 4.43. The van der Waals surface area contributed by atoms with Crippen molar-refractivity contribution in [2.24, 2.45) is 5.92 Å². The number of aromatic nitrogens is 1. The number of hydrogen-bond acceptors (Lipinski definition) is 5. The summed E-state index contributed by atoms with van der Waals surface area (Å²) in [5.41, 5.74) is 3.56. The second-order valence-electron chi connectivity index (χ2n) is 8.08. The normalized spacial score (nSPS) is 17.8. The lowest BCUT2D eigenvalue weighted by Gasteiger charge is -2.36. The van der Waals surface area contributed by atoms with Gasteiger partial charge in [0.2, 0.25) is 5.91 Å². The molecule has 5 nitrogen and oxygen atoms in total. The Kier molecular flexibility index (Phi) is 6.99. The van der Waals surface area contributed by atoms with Crippen LogP contribution in [-0.2, 0) is 11.3 Å². The van der Waals surface area contributed by atoms with Crippen molar-refractivity contribution in [3.8, 4) is 16.9 Å². The fourth-order valence-corrected chi connectivity index (χ4v) is 5.21. The van der Waals surface area contributed by atoms with Crippen LogP contribution < -0.4 is 10.1 Å². The van der Waals surface area contributed by atoms with Gasteiger partial charge in [-0.2, -0.15) is 0 Å². The Bertz CT molecular complexity index is 988. The molecule has 0 unspecified atom stereocenters. The fraction of sp³-hybridized carbons (Fsp3) is 0.360. The quantitative estimate of drug-likeness (QED) is 0.573. The molecular weight excluding hydrogens is 406 g/mol. The summed E-state index contributed by atoms with van der Waals surface area (Å²) in [6.07, 6.45) is 4.05. The van der Waals surface area contributed by atoms with Crippen LogP contribution in [0.4, 0.5) is 0 Å². The van der Waals surface area contributed by atoms with Gasteiger partial charge in [0.15, 0.2) is 0 Å². The standard InChI is InChI=1S/C25H29N3O2S/c1-18(29)27-24(25-26-13-15-31-25)21-6-5-14-28(17-21)16-19-9-11-20(12-10-19)22-7-3-4-8-23(22)30-2/h3-4,7-13,15,21,24H,5-6,14,16-17H2,1-2H3,(H,27,29)/t21-,24-/m0/s1. The number of thiazole rings is 1. The van der Waals surface area contributed by atoms with E-state index in [0.29, 0.717) is 5.92 Å². The van der Waals surface area contributed by atoms with Gasteiger partial charge in [0, 0.05) is 37.2 Å². The summed E-state index contributed by atoms with van der Waals surface area (Å²) in [6.45, 7) is 4.53. The summed E-state index contributed by atoms with van der Waals surface area (Å²) in [4.78, 5) is 18.8. The smallest absolute Gasteiger partial charge is 0.217 e. The zero-order valence-corrected chi connectivity index (χ0v) is 18.9. The first-order valence-electron chi connectivity index (χ1n) is 10.7. The minimum Gasteiger partial charge on any atom is -0.496 e. The third kappa shape index (κ3) is 5.32. The number of methoxy groups -OCH3 is 1. The van der Waals surface area contributed by atoms with Gasteiger partial charge in [-0.1, -0.05) is 42.5 Å². The second-order valence-corrected chi connectivity index (χ2v) is 9.01. The van der Waals surface area contributed by atoms with Crippen molar-refractivity contribution >= 4 is 17.2 Å². The number of carbonyl (C=O) groups excluding carboxylic acids is 1. The Balaban J connectivity index is 1.44. The van der Waals surface area contributed by atoms with E-state index in [1.54, 1.807) is 25.4 Å². The molecule has 0 radical (unpaired) electrons. The van der Waals surface area contributed by atoms with Crippen molar-refractivity contribution in [3.63, 3.8) is 0 Å². The molecule has 0 saturated carbocycles. The van der Waals surface area contributed by atoms with Crippen LogP contribution in [0.2, 0.25) is 0 Å². The number of nitrogens with one attached hydrogen (secondary N) is 1. The Morgan fingerprint density at radius 1 is 1.26 bits per heavy atom. The van der Waals surface area contributed by atoms with E-state index in [9.17, 15) is 4.79 Å². The molecule has 162 valence electrons. The molecule has 1 aliphatic heterocycles. The van der Waals surface area contributed by atoms with E-state index in [2.05, 4.69) is 45.5 Å². The molecule has 2 aromatic carbocycles. The van der Waals surface area contributed by atoms with Gasteiger partial charge >= 0.3 is 0 Å². The predicted octanol–water partition coefficient (Wildman–Crippen LogP) is 4.91. The van der Waals surface area contributed by atoms with Crippen molar-refractivity contribution in [2.45, 2.75) is 32.4 Å². The van der Waals surface area contributed by atoms with Crippen LogP contribution in [0.15, 0.2) is 60.1 Å². The highest BCUT2D eigenvalue weighted by Gasteiger charge is 2.30. The van der Waals surface area contributed by atoms with Crippen LogP contribution in [0.3, 0.4) is 0 Å². The van der Waals surface area contributed by atoms with E-state index in [0.717, 1.165) is 54.4 Å². The van der Waals surface area contributed by atoms with Crippen LogP contribution in [0.25, 0.3) is 11.1 Å². The third-order valence-corrected chi connectivity index (χ3v) is 6.73. The van der Waals surface area contributed by atoms with Gasteiger partial charge in [0.25, 0.3) is 0 Å². The van der Waals surface area contributed by atoms with E-state index in [-0.39, 0.29) is 11.9 Å². The highest BCUT2D eigenvalue weighted by molar-refractivity contribution is 7.09. The first-order chi connectivity index (χ1) is 15.1. The molecule has 3 aromatic rings. The molecule has 0 bridgehead atoms. The molecule has 1 amide bonds. The summed E-state index contributed by atoms with van der Waals surface area (Å²) >= 11 is 1.62. The van der Waals surface area contributed by atoms with Gasteiger partial charge in [-0.3, -0.25) is 9.69 Å². The molecule has 4 rings (SSSR count). The average molecular weight is 436 g/mol. The van der Waals surface area contributed by atoms with E-state index in [1.165, 1.54) is 5.56 Å². The summed E-state index contributed by atoms with van der Waals surface area (Å²) in [5, 5.41) is 6.13. The van der Waals surface area contributed by atoms with Crippen molar-refractivity contribution in [1.29, 1.82) is 0 Å². The summed E-state index contributed by atoms with van der Waals surface area (Å²) < 4.78 is 5.50. The molecule has 1 fully saturated rings. The number of hydrogen-bond donors (Lipinski definition) is 1. The molecular formula is C25H29N3O2S. The van der Waals surface area contributed by atoms with Crippen molar-refractivity contribution < 1.29 is 9.53 Å². The minimum absolute atomic E-state index is 0.00394. The number of piperidine rings is 1. The van der Waals surface area contributed by atoms with E-state index in [1.807, 2.05) is 29.8 Å². The molecule has 1 N–H and O–H groups in total. The first-order valence-corrected chi connectivity index (χ1v) is 11.6. The van der Waals surface area contributed by atoms with Gasteiger partial charge < -0.3 is 10.1 Å². The summed E-state index contributed by atoms with van der Waals surface area (Å²) in [7, 11) is 1.71. The molecule has 0 aliphatic carbocycles. The molecule has 31 heavy (non-hydrogen) atoms. The number of amides is 1. The molecule has 6 heteroatoms. The Labute approximate surface area is 188 Å². The van der Waals surface area contributed by atoms with Crippen molar-refractivity contribution in [2.75, 3.05) is 20.2 Å². The summed E-state index contributed by atoms with van der Waals surface area (Å²) in [5.74, 6) is 1.27. The van der Waals surface area contributed by atoms with Crippen molar-refractivity contribution in [1.82, 2.24) is 15.2 Å². The number of nitrogens with zero attached hydrogens (tertiary/aromatic N) is 2. The maximum atomic E-state index is 11.8. The lowest BCUT2D eigenvalue weighted by atomic mass is 9.90. The Morgan fingerprint density at radius 3 is 2.77 bits per heavy atom. The topological polar surface area (TPSA) is 54.5 Å². The highest BCUT2D eigenvalue weighted by Crippen LogP contribution is 2.32. The Hall–Kier alpha value is -2.70. The van der Waals surface area contributed by atoms with Crippen LogP contribution in [0.1, 0.15) is 36.4 Å². The van der Waals surface area contributed by atoms with Gasteiger partial charge in [-0.25, -0.2) is 4.98 Å². The van der Waals surface area contributed by atoms with Crippen LogP contribution >= 0.6 is 11.3 Å². The maximum absolute atomic E-state index is 11.8. The zero-order chi connectivity index (χ0) is 21.6. The molecule has 2 heterocycles. The highest BCUT2D eigenvalue weighted by atomic mass is 32.1.